The van der Waals surface area contributed by atoms with Crippen molar-refractivity contribution >= 4 is 11.9 Å². The summed E-state index contributed by atoms with van der Waals surface area (Å²) in [6, 6.07) is 13.6. The number of rotatable bonds is 10. The van der Waals surface area contributed by atoms with Crippen molar-refractivity contribution in [3.63, 3.8) is 0 Å². The largest absolute Gasteiger partial charge is 0.493 e. The van der Waals surface area contributed by atoms with Gasteiger partial charge in [0.2, 0.25) is 5.91 Å². The number of amides is 1. The van der Waals surface area contributed by atoms with Crippen LogP contribution in [0.25, 0.3) is 0 Å². The van der Waals surface area contributed by atoms with E-state index in [0.717, 1.165) is 36.5 Å². The van der Waals surface area contributed by atoms with Gasteiger partial charge in [-0.3, -0.25) is 14.6 Å². The van der Waals surface area contributed by atoms with Gasteiger partial charge in [-0.15, -0.1) is 0 Å². The number of fused-ring (bicyclic) bond motifs is 1. The van der Waals surface area contributed by atoms with Crippen molar-refractivity contribution in [2.75, 3.05) is 26.3 Å². The topological polar surface area (TPSA) is 68.7 Å². The van der Waals surface area contributed by atoms with Gasteiger partial charge in [-0.1, -0.05) is 31.0 Å². The highest BCUT2D eigenvalue weighted by molar-refractivity contribution is 5.83. The Morgan fingerprint density at radius 3 is 2.44 bits per heavy atom. The molecule has 1 aliphatic carbocycles. The average molecular weight is 465 g/mol. The van der Waals surface area contributed by atoms with Crippen LogP contribution in [0, 0.1) is 17.8 Å². The van der Waals surface area contributed by atoms with E-state index in [9.17, 15) is 9.59 Å². The molecule has 2 fully saturated rings. The lowest BCUT2D eigenvalue weighted by Crippen LogP contribution is -2.33. The maximum atomic E-state index is 13.1. The third-order valence-corrected chi connectivity index (χ3v) is 7.13. The number of carbonyl (C=O) groups is 2. The van der Waals surface area contributed by atoms with Crippen LogP contribution in [0.1, 0.15) is 50.3 Å². The number of hydrogen-bond donors (Lipinski definition) is 0. The van der Waals surface area contributed by atoms with Crippen LogP contribution in [0.2, 0.25) is 0 Å². The van der Waals surface area contributed by atoms with Gasteiger partial charge in [-0.25, -0.2) is 0 Å². The Bertz CT molecular complexity index is 917. The first-order chi connectivity index (χ1) is 16.6. The predicted octanol–water partition coefficient (Wildman–Crippen LogP) is 4.46. The van der Waals surface area contributed by atoms with E-state index in [4.69, 9.17) is 9.47 Å². The third-order valence-electron chi connectivity index (χ3n) is 7.13. The zero-order valence-corrected chi connectivity index (χ0v) is 20.2. The molecule has 182 valence electrons. The Hall–Kier alpha value is -2.89. The van der Waals surface area contributed by atoms with Crippen LogP contribution in [0.4, 0.5) is 0 Å². The summed E-state index contributed by atoms with van der Waals surface area (Å²) in [5.41, 5.74) is 2.00. The SMILES string of the molecule is CCOC(=O)C(CC(=O)N1C[C@H]2CCCC[C@H]2C1)Cc1ccc(OCCc2ccccn2)cc1. The van der Waals surface area contributed by atoms with Gasteiger partial charge in [0, 0.05) is 37.8 Å². The highest BCUT2D eigenvalue weighted by atomic mass is 16.5. The summed E-state index contributed by atoms with van der Waals surface area (Å²) in [4.78, 5) is 32.0. The van der Waals surface area contributed by atoms with E-state index >= 15 is 0 Å². The summed E-state index contributed by atoms with van der Waals surface area (Å²) in [7, 11) is 0. The number of likely N-dealkylation sites (tertiary alicyclic amines) is 1. The molecule has 1 saturated carbocycles. The van der Waals surface area contributed by atoms with Crippen molar-refractivity contribution in [2.45, 2.75) is 51.9 Å². The van der Waals surface area contributed by atoms with Crippen LogP contribution in [0.5, 0.6) is 5.75 Å². The molecule has 1 aromatic carbocycles. The summed E-state index contributed by atoms with van der Waals surface area (Å²) >= 11 is 0. The summed E-state index contributed by atoms with van der Waals surface area (Å²) < 4.78 is 11.2. The molecular formula is C28H36N2O4. The number of pyridine rings is 1. The second-order valence-corrected chi connectivity index (χ2v) is 9.52. The first-order valence-electron chi connectivity index (χ1n) is 12.7. The zero-order chi connectivity index (χ0) is 23.8. The molecule has 1 aliphatic heterocycles. The first-order valence-corrected chi connectivity index (χ1v) is 12.7. The Morgan fingerprint density at radius 1 is 1.06 bits per heavy atom. The average Bonchev–Trinajstić information content (AvgIpc) is 3.30. The van der Waals surface area contributed by atoms with Crippen molar-refractivity contribution in [1.82, 2.24) is 9.88 Å². The van der Waals surface area contributed by atoms with Gasteiger partial charge in [0.15, 0.2) is 0 Å². The maximum Gasteiger partial charge on any atom is 0.309 e. The lowest BCUT2D eigenvalue weighted by Gasteiger charge is -2.22. The third kappa shape index (κ3) is 6.58. The van der Waals surface area contributed by atoms with Gasteiger partial charge in [-0.05, 0) is 67.9 Å². The number of aromatic nitrogens is 1. The van der Waals surface area contributed by atoms with Crippen molar-refractivity contribution in [3.8, 4) is 5.75 Å². The van der Waals surface area contributed by atoms with E-state index in [2.05, 4.69) is 4.98 Å². The van der Waals surface area contributed by atoms with Crippen molar-refractivity contribution in [2.24, 2.45) is 17.8 Å². The highest BCUT2D eigenvalue weighted by Gasteiger charge is 2.37. The fraction of sp³-hybridized carbons (Fsp3) is 0.536. The summed E-state index contributed by atoms with van der Waals surface area (Å²) in [6.07, 6.45) is 8.23. The summed E-state index contributed by atoms with van der Waals surface area (Å²) in [5, 5.41) is 0. The van der Waals surface area contributed by atoms with Crippen LogP contribution < -0.4 is 4.74 Å². The second-order valence-electron chi connectivity index (χ2n) is 9.52. The molecule has 2 heterocycles. The fourth-order valence-corrected chi connectivity index (χ4v) is 5.27. The van der Waals surface area contributed by atoms with Gasteiger partial charge < -0.3 is 14.4 Å². The van der Waals surface area contributed by atoms with Crippen molar-refractivity contribution in [1.29, 1.82) is 0 Å². The Kier molecular flexibility index (Phi) is 8.56. The number of ether oxygens (including phenoxy) is 2. The Balaban J connectivity index is 1.31. The monoisotopic (exact) mass is 464 g/mol. The van der Waals surface area contributed by atoms with E-state index in [-0.39, 0.29) is 18.3 Å². The molecule has 1 unspecified atom stereocenters. The second kappa shape index (κ2) is 12.0. The quantitative estimate of drug-likeness (QED) is 0.486. The number of hydrogen-bond acceptors (Lipinski definition) is 5. The van der Waals surface area contributed by atoms with Gasteiger partial charge in [0.1, 0.15) is 5.75 Å². The van der Waals surface area contributed by atoms with E-state index in [1.165, 1.54) is 25.7 Å². The summed E-state index contributed by atoms with van der Waals surface area (Å²) in [6.45, 7) is 4.38. The van der Waals surface area contributed by atoms with Gasteiger partial charge in [-0.2, -0.15) is 0 Å². The van der Waals surface area contributed by atoms with Crippen LogP contribution in [-0.2, 0) is 27.2 Å². The molecule has 1 saturated heterocycles. The molecule has 2 aromatic rings. The number of esters is 1. The lowest BCUT2D eigenvalue weighted by atomic mass is 9.82. The first kappa shape index (κ1) is 24.2. The van der Waals surface area contributed by atoms with Gasteiger partial charge >= 0.3 is 5.97 Å². The van der Waals surface area contributed by atoms with E-state index in [1.54, 1.807) is 13.1 Å². The van der Waals surface area contributed by atoms with Crippen molar-refractivity contribution < 1.29 is 19.1 Å². The molecule has 4 rings (SSSR count). The number of carbonyl (C=O) groups excluding carboxylic acids is 2. The molecule has 0 radical (unpaired) electrons. The number of benzene rings is 1. The fourth-order valence-electron chi connectivity index (χ4n) is 5.27. The molecule has 6 heteroatoms. The van der Waals surface area contributed by atoms with E-state index < -0.39 is 5.92 Å². The van der Waals surface area contributed by atoms with Crippen LogP contribution >= 0.6 is 0 Å². The van der Waals surface area contributed by atoms with Crippen LogP contribution in [-0.4, -0.2) is 48.1 Å². The van der Waals surface area contributed by atoms with Gasteiger partial charge in [0.05, 0.1) is 19.1 Å². The Morgan fingerprint density at radius 2 is 1.79 bits per heavy atom. The standard InChI is InChI=1S/C28H36N2O4/c1-2-33-28(32)24(18-27(31)30-19-22-7-3-4-8-23(22)20-30)17-21-10-12-26(13-11-21)34-16-14-25-9-5-6-15-29-25/h5-6,9-13,15,22-24H,2-4,7-8,14,16-20H2,1H3/t22-,23+,24?. The molecule has 0 N–H and O–H groups in total. The van der Waals surface area contributed by atoms with E-state index in [1.807, 2.05) is 47.4 Å². The van der Waals surface area contributed by atoms with Crippen LogP contribution in [0.15, 0.2) is 48.7 Å². The maximum absolute atomic E-state index is 13.1. The minimum Gasteiger partial charge on any atom is -0.493 e. The predicted molar refractivity (Wildman–Crippen MR) is 130 cm³/mol. The molecule has 0 bridgehead atoms. The summed E-state index contributed by atoms with van der Waals surface area (Å²) in [5.74, 6) is 1.40. The van der Waals surface area contributed by atoms with Crippen molar-refractivity contribution in [3.05, 3.63) is 59.9 Å². The van der Waals surface area contributed by atoms with Crippen LogP contribution in [0.3, 0.4) is 0 Å². The minimum absolute atomic E-state index is 0.0851. The zero-order valence-electron chi connectivity index (χ0n) is 20.2. The number of nitrogens with zero attached hydrogens (tertiary/aromatic N) is 2. The molecule has 0 spiro atoms. The molecule has 1 aromatic heterocycles. The van der Waals surface area contributed by atoms with E-state index in [0.29, 0.717) is 31.5 Å². The molecular weight excluding hydrogens is 428 g/mol. The Labute approximate surface area is 202 Å². The smallest absolute Gasteiger partial charge is 0.309 e. The molecule has 1 amide bonds. The lowest BCUT2D eigenvalue weighted by molar-refractivity contribution is -0.151. The molecule has 6 nitrogen and oxygen atoms in total. The minimum atomic E-state index is -0.467. The van der Waals surface area contributed by atoms with Gasteiger partial charge in [0.25, 0.3) is 0 Å². The molecule has 3 atom stereocenters. The molecule has 34 heavy (non-hydrogen) atoms. The normalized spacial score (nSPS) is 20.4. The highest BCUT2D eigenvalue weighted by Crippen LogP contribution is 2.36. The molecule has 2 aliphatic rings.